The molecule has 1 aliphatic heterocycles. The third-order valence-electron chi connectivity index (χ3n) is 2.16. The second-order valence-corrected chi connectivity index (χ2v) is 5.04. The smallest absolute Gasteiger partial charge is 0.334 e. The van der Waals surface area contributed by atoms with E-state index in [2.05, 4.69) is 6.58 Å². The van der Waals surface area contributed by atoms with Gasteiger partial charge in [-0.25, -0.2) is 4.79 Å². The summed E-state index contributed by atoms with van der Waals surface area (Å²) in [5, 5.41) is 0. The minimum Gasteiger partial charge on any atom is -0.445 e. The molecule has 4 heteroatoms. The number of carbonyl (C=O) groups is 1. The largest absolute Gasteiger partial charge is 0.445 e. The molecule has 86 valence electrons. The second kappa shape index (κ2) is 6.18. The lowest BCUT2D eigenvalue weighted by Gasteiger charge is -2.23. The van der Waals surface area contributed by atoms with Gasteiger partial charge in [0.15, 0.2) is 5.44 Å². The monoisotopic (exact) mass is 230 g/mol. The van der Waals surface area contributed by atoms with E-state index in [4.69, 9.17) is 9.47 Å². The van der Waals surface area contributed by atoms with Crippen LogP contribution in [-0.4, -0.2) is 29.9 Å². The Balaban J connectivity index is 2.39. The van der Waals surface area contributed by atoms with Crippen molar-refractivity contribution >= 4 is 17.7 Å². The number of hydrogen-bond donors (Lipinski definition) is 0. The maximum atomic E-state index is 11.3. The van der Waals surface area contributed by atoms with Crippen LogP contribution < -0.4 is 0 Å². The Bertz CT molecular complexity index is 240. The summed E-state index contributed by atoms with van der Waals surface area (Å²) in [6, 6.07) is 0. The Hall–Kier alpha value is -0.480. The van der Waals surface area contributed by atoms with Crippen LogP contribution >= 0.6 is 11.8 Å². The van der Waals surface area contributed by atoms with E-state index in [0.29, 0.717) is 12.2 Å². The number of ether oxygens (including phenoxy) is 2. The maximum Gasteiger partial charge on any atom is 0.334 e. The molecular weight excluding hydrogens is 212 g/mol. The van der Waals surface area contributed by atoms with Gasteiger partial charge in [-0.2, -0.15) is 0 Å². The van der Waals surface area contributed by atoms with E-state index in [9.17, 15) is 4.79 Å². The summed E-state index contributed by atoms with van der Waals surface area (Å²) in [6.45, 7) is 7.73. The van der Waals surface area contributed by atoms with Gasteiger partial charge in [-0.3, -0.25) is 0 Å². The van der Waals surface area contributed by atoms with E-state index in [1.807, 2.05) is 6.92 Å². The summed E-state index contributed by atoms with van der Waals surface area (Å²) in [5.41, 5.74) is 0.252. The van der Waals surface area contributed by atoms with E-state index in [1.54, 1.807) is 18.7 Å². The summed E-state index contributed by atoms with van der Waals surface area (Å²) < 4.78 is 10.8. The highest BCUT2D eigenvalue weighted by atomic mass is 32.2. The molecule has 0 N–H and O–H groups in total. The van der Waals surface area contributed by atoms with Crippen molar-refractivity contribution < 1.29 is 14.3 Å². The van der Waals surface area contributed by atoms with E-state index < -0.39 is 0 Å². The Morgan fingerprint density at radius 3 is 3.00 bits per heavy atom. The first kappa shape index (κ1) is 12.6. The zero-order valence-electron chi connectivity index (χ0n) is 9.32. The van der Waals surface area contributed by atoms with Crippen molar-refractivity contribution in [1.82, 2.24) is 0 Å². The van der Waals surface area contributed by atoms with Crippen LogP contribution in [0.1, 0.15) is 26.7 Å². The van der Waals surface area contributed by atoms with Gasteiger partial charge in [-0.1, -0.05) is 6.58 Å². The average Bonchev–Trinajstić information content (AvgIpc) is 2.16. The highest BCUT2D eigenvalue weighted by Crippen LogP contribution is 2.21. The fraction of sp³-hybridized carbons (Fsp3) is 0.727. The summed E-state index contributed by atoms with van der Waals surface area (Å²) in [4.78, 5) is 11.3. The zero-order chi connectivity index (χ0) is 11.3. The van der Waals surface area contributed by atoms with Gasteiger partial charge in [0.05, 0.1) is 12.7 Å². The number of rotatable bonds is 2. The van der Waals surface area contributed by atoms with Gasteiger partial charge in [0, 0.05) is 5.57 Å². The minimum absolute atomic E-state index is 0.183. The van der Waals surface area contributed by atoms with Crippen molar-refractivity contribution in [2.24, 2.45) is 0 Å². The second-order valence-electron chi connectivity index (χ2n) is 3.77. The fourth-order valence-electron chi connectivity index (χ4n) is 1.25. The number of thioether (sulfide) groups is 1. The van der Waals surface area contributed by atoms with Crippen molar-refractivity contribution in [2.75, 3.05) is 12.4 Å². The molecule has 15 heavy (non-hydrogen) atoms. The molecule has 0 aliphatic carbocycles. The first-order valence-electron chi connectivity index (χ1n) is 5.19. The molecule has 1 rings (SSSR count). The molecule has 1 saturated heterocycles. The molecule has 0 radical (unpaired) electrons. The highest BCUT2D eigenvalue weighted by Gasteiger charge is 2.19. The molecule has 0 bridgehead atoms. The lowest BCUT2D eigenvalue weighted by Crippen LogP contribution is -2.26. The number of esters is 1. The van der Waals surface area contributed by atoms with E-state index in [-0.39, 0.29) is 17.5 Å². The van der Waals surface area contributed by atoms with Crippen LogP contribution in [0, 0.1) is 0 Å². The topological polar surface area (TPSA) is 35.5 Å². The van der Waals surface area contributed by atoms with Crippen molar-refractivity contribution in [1.29, 1.82) is 0 Å². The lowest BCUT2D eigenvalue weighted by atomic mass is 10.2. The van der Waals surface area contributed by atoms with Gasteiger partial charge >= 0.3 is 5.97 Å². The summed E-state index contributed by atoms with van der Waals surface area (Å²) in [7, 11) is 0. The third kappa shape index (κ3) is 4.71. The third-order valence-corrected chi connectivity index (χ3v) is 3.29. The molecule has 0 aromatic carbocycles. The molecule has 1 heterocycles. The first-order chi connectivity index (χ1) is 7.09. The van der Waals surface area contributed by atoms with Crippen molar-refractivity contribution in [2.45, 2.75) is 38.2 Å². The number of hydrogen-bond acceptors (Lipinski definition) is 4. The standard InChI is InChI=1S/C11H18O3S/c1-8(2)11(12)14-10-7-13-9(3)5-4-6-15-10/h9-10H,1,4-7H2,2-3H3. The molecule has 1 aliphatic rings. The van der Waals surface area contributed by atoms with Gasteiger partial charge in [0.1, 0.15) is 0 Å². The Morgan fingerprint density at radius 2 is 2.33 bits per heavy atom. The van der Waals surface area contributed by atoms with Crippen LogP contribution in [0.5, 0.6) is 0 Å². The van der Waals surface area contributed by atoms with Crippen LogP contribution in [0.2, 0.25) is 0 Å². The SMILES string of the molecule is C=C(C)C(=O)OC1COC(C)CCCS1. The van der Waals surface area contributed by atoms with Crippen LogP contribution in [0.3, 0.4) is 0 Å². The van der Waals surface area contributed by atoms with Gasteiger partial charge in [-0.15, -0.1) is 11.8 Å². The molecule has 1 fully saturated rings. The molecule has 0 aromatic heterocycles. The Labute approximate surface area is 95.2 Å². The van der Waals surface area contributed by atoms with Gasteiger partial charge in [0.2, 0.25) is 0 Å². The van der Waals surface area contributed by atoms with E-state index in [1.165, 1.54) is 0 Å². The van der Waals surface area contributed by atoms with Crippen molar-refractivity contribution in [3.63, 3.8) is 0 Å². The molecule has 0 spiro atoms. The van der Waals surface area contributed by atoms with Crippen LogP contribution in [0.4, 0.5) is 0 Å². The van der Waals surface area contributed by atoms with Gasteiger partial charge in [0.25, 0.3) is 0 Å². The molecular formula is C11H18O3S. The molecule has 2 atom stereocenters. The first-order valence-corrected chi connectivity index (χ1v) is 6.24. The van der Waals surface area contributed by atoms with Crippen LogP contribution in [-0.2, 0) is 14.3 Å². The minimum atomic E-state index is -0.329. The van der Waals surface area contributed by atoms with Gasteiger partial charge < -0.3 is 9.47 Å². The quantitative estimate of drug-likeness (QED) is 0.539. The molecule has 3 nitrogen and oxygen atoms in total. The van der Waals surface area contributed by atoms with Crippen molar-refractivity contribution in [3.8, 4) is 0 Å². The molecule has 0 aromatic rings. The van der Waals surface area contributed by atoms with E-state index in [0.717, 1.165) is 18.6 Å². The predicted molar refractivity (Wildman–Crippen MR) is 61.8 cm³/mol. The molecule has 2 unspecified atom stereocenters. The summed E-state index contributed by atoms with van der Waals surface area (Å²) in [6.07, 6.45) is 2.44. The van der Waals surface area contributed by atoms with Crippen LogP contribution in [0.15, 0.2) is 12.2 Å². The summed E-state index contributed by atoms with van der Waals surface area (Å²) in [5.74, 6) is 0.686. The van der Waals surface area contributed by atoms with E-state index >= 15 is 0 Å². The predicted octanol–water partition coefficient (Wildman–Crippen LogP) is 2.36. The lowest BCUT2D eigenvalue weighted by molar-refractivity contribution is -0.143. The van der Waals surface area contributed by atoms with Gasteiger partial charge in [-0.05, 0) is 32.4 Å². The number of carbonyl (C=O) groups excluding carboxylic acids is 1. The molecule has 0 amide bonds. The normalized spacial score (nSPS) is 27.6. The average molecular weight is 230 g/mol. The highest BCUT2D eigenvalue weighted by molar-refractivity contribution is 7.99. The Morgan fingerprint density at radius 1 is 1.60 bits per heavy atom. The maximum absolute atomic E-state index is 11.3. The summed E-state index contributed by atoms with van der Waals surface area (Å²) >= 11 is 1.64. The fourth-order valence-corrected chi connectivity index (χ4v) is 2.17. The van der Waals surface area contributed by atoms with Crippen molar-refractivity contribution in [3.05, 3.63) is 12.2 Å². The van der Waals surface area contributed by atoms with Crippen LogP contribution in [0.25, 0.3) is 0 Å². The Kier molecular flexibility index (Phi) is 5.19. The molecule has 0 saturated carbocycles. The zero-order valence-corrected chi connectivity index (χ0v) is 10.1.